The van der Waals surface area contributed by atoms with Crippen LogP contribution in [0.2, 0.25) is 5.02 Å². The molecule has 0 bridgehead atoms. The van der Waals surface area contributed by atoms with E-state index < -0.39 is 23.6 Å². The summed E-state index contributed by atoms with van der Waals surface area (Å²) in [6, 6.07) is 8.25. The Morgan fingerprint density at radius 1 is 1.05 bits per heavy atom. The van der Waals surface area contributed by atoms with Crippen molar-refractivity contribution in [2.45, 2.75) is 64.0 Å². The van der Waals surface area contributed by atoms with E-state index in [2.05, 4.69) is 0 Å². The number of amides is 2. The molecule has 1 saturated heterocycles. The maximum atomic E-state index is 15.0. The Bertz CT molecular complexity index is 1190. The van der Waals surface area contributed by atoms with Gasteiger partial charge in [0.25, 0.3) is 0 Å². The van der Waals surface area contributed by atoms with Crippen LogP contribution in [-0.4, -0.2) is 52.4 Å². The zero-order valence-corrected chi connectivity index (χ0v) is 22.5. The fraction of sp³-hybridized carbons (Fsp3) is 0.483. The molecule has 10 heteroatoms. The van der Waals surface area contributed by atoms with Crippen molar-refractivity contribution in [1.29, 1.82) is 0 Å². The Kier molecular flexibility index (Phi) is 9.91. The number of likely N-dealkylation sites (tertiary alicyclic amines) is 1. The molecule has 210 valence electrons. The molecule has 0 aromatic heterocycles. The number of carbonyl (C=O) groups excluding carboxylic acids is 2. The van der Waals surface area contributed by atoms with Crippen LogP contribution in [0.4, 0.5) is 8.78 Å². The van der Waals surface area contributed by atoms with Gasteiger partial charge in [0.15, 0.2) is 11.6 Å². The molecule has 0 radical (unpaired) electrons. The molecule has 1 aliphatic carbocycles. The van der Waals surface area contributed by atoms with Gasteiger partial charge in [0.2, 0.25) is 11.8 Å². The van der Waals surface area contributed by atoms with Crippen LogP contribution in [0.15, 0.2) is 36.4 Å². The van der Waals surface area contributed by atoms with Crippen molar-refractivity contribution >= 4 is 29.4 Å². The monoisotopic (exact) mass is 562 g/mol. The summed E-state index contributed by atoms with van der Waals surface area (Å²) in [5.41, 5.74) is 1.12. The second kappa shape index (κ2) is 13.3. The standard InChI is InChI=1S/C29H33ClF2N2O5/c30-22-8-7-21(15-23(22)31)25(16-29(37)38)33(17-19-4-2-1-3-5-19)18-20-6-9-26(24(32)14-20)39-13-12-34-27(35)10-11-28(34)36/h6-9,14-15,19,25H,1-5,10-13,16-18H2,(H,37,38). The highest BCUT2D eigenvalue weighted by atomic mass is 35.5. The van der Waals surface area contributed by atoms with Crippen molar-refractivity contribution in [2.75, 3.05) is 19.7 Å². The van der Waals surface area contributed by atoms with Gasteiger partial charge in [0.05, 0.1) is 18.0 Å². The van der Waals surface area contributed by atoms with Gasteiger partial charge in [-0.3, -0.25) is 24.2 Å². The third kappa shape index (κ3) is 7.76. The maximum Gasteiger partial charge on any atom is 0.305 e. The number of nitrogens with zero attached hydrogens (tertiary/aromatic N) is 2. The molecule has 2 aromatic carbocycles. The molecule has 1 saturated carbocycles. The molecule has 4 rings (SSSR count). The predicted molar refractivity (Wildman–Crippen MR) is 141 cm³/mol. The highest BCUT2D eigenvalue weighted by Crippen LogP contribution is 2.33. The largest absolute Gasteiger partial charge is 0.489 e. The number of aliphatic carboxylic acids is 1. The fourth-order valence-electron chi connectivity index (χ4n) is 5.46. The van der Waals surface area contributed by atoms with Gasteiger partial charge in [-0.15, -0.1) is 0 Å². The first kappa shape index (κ1) is 29.0. The van der Waals surface area contributed by atoms with Crippen molar-refractivity contribution in [3.05, 3.63) is 64.2 Å². The number of carboxylic acids is 1. The number of halogens is 3. The molecule has 1 heterocycles. The van der Waals surface area contributed by atoms with Gasteiger partial charge in [-0.2, -0.15) is 0 Å². The summed E-state index contributed by atoms with van der Waals surface area (Å²) in [7, 11) is 0. The van der Waals surface area contributed by atoms with E-state index in [9.17, 15) is 28.3 Å². The molecule has 2 amide bonds. The molecule has 1 unspecified atom stereocenters. The highest BCUT2D eigenvalue weighted by Gasteiger charge is 2.29. The van der Waals surface area contributed by atoms with Gasteiger partial charge >= 0.3 is 5.97 Å². The van der Waals surface area contributed by atoms with Gasteiger partial charge in [0, 0.05) is 32.0 Å². The van der Waals surface area contributed by atoms with Crippen LogP contribution < -0.4 is 4.74 Å². The fourth-order valence-corrected chi connectivity index (χ4v) is 5.58. The van der Waals surface area contributed by atoms with Crippen LogP contribution in [-0.2, 0) is 20.9 Å². The summed E-state index contributed by atoms with van der Waals surface area (Å²) in [4.78, 5) is 38.5. The van der Waals surface area contributed by atoms with E-state index in [0.717, 1.165) is 30.6 Å². The van der Waals surface area contributed by atoms with Crippen molar-refractivity contribution in [1.82, 2.24) is 9.80 Å². The Morgan fingerprint density at radius 3 is 2.41 bits per heavy atom. The van der Waals surface area contributed by atoms with Crippen LogP contribution in [0.5, 0.6) is 5.75 Å². The van der Waals surface area contributed by atoms with E-state index in [-0.39, 0.29) is 61.5 Å². The van der Waals surface area contributed by atoms with E-state index in [1.54, 1.807) is 12.1 Å². The van der Waals surface area contributed by atoms with E-state index in [4.69, 9.17) is 16.3 Å². The Labute approximate surface area is 231 Å². The molecule has 1 N–H and O–H groups in total. The normalized spacial score (nSPS) is 17.2. The molecule has 2 aliphatic rings. The van der Waals surface area contributed by atoms with Gasteiger partial charge in [-0.1, -0.05) is 43.0 Å². The molecule has 2 aromatic rings. The molecular formula is C29H33ClF2N2O5. The summed E-state index contributed by atoms with van der Waals surface area (Å²) < 4.78 is 34.9. The summed E-state index contributed by atoms with van der Waals surface area (Å²) >= 11 is 5.88. The zero-order chi connectivity index (χ0) is 27.9. The summed E-state index contributed by atoms with van der Waals surface area (Å²) in [6.45, 7) is 0.888. The summed E-state index contributed by atoms with van der Waals surface area (Å²) in [6.07, 6.45) is 5.55. The number of hydrogen-bond acceptors (Lipinski definition) is 5. The average molecular weight is 563 g/mol. The first-order valence-electron chi connectivity index (χ1n) is 13.4. The third-order valence-electron chi connectivity index (χ3n) is 7.46. The molecule has 1 aliphatic heterocycles. The van der Waals surface area contributed by atoms with Crippen LogP contribution >= 0.6 is 11.6 Å². The third-order valence-corrected chi connectivity index (χ3v) is 7.77. The quantitative estimate of drug-likeness (QED) is 0.332. The minimum Gasteiger partial charge on any atom is -0.489 e. The number of imide groups is 1. The molecular weight excluding hydrogens is 530 g/mol. The predicted octanol–water partition coefficient (Wildman–Crippen LogP) is 5.74. The molecule has 0 spiro atoms. The number of carboxylic acid groups (broad SMARTS) is 1. The van der Waals surface area contributed by atoms with Gasteiger partial charge in [-0.05, 0) is 54.2 Å². The van der Waals surface area contributed by atoms with Gasteiger partial charge < -0.3 is 9.84 Å². The number of benzene rings is 2. The van der Waals surface area contributed by atoms with Crippen LogP contribution in [0.25, 0.3) is 0 Å². The van der Waals surface area contributed by atoms with E-state index in [1.807, 2.05) is 4.90 Å². The maximum absolute atomic E-state index is 15.0. The van der Waals surface area contributed by atoms with Crippen LogP contribution in [0.3, 0.4) is 0 Å². The van der Waals surface area contributed by atoms with Crippen molar-refractivity contribution in [2.24, 2.45) is 5.92 Å². The van der Waals surface area contributed by atoms with E-state index in [0.29, 0.717) is 23.6 Å². The lowest BCUT2D eigenvalue weighted by atomic mass is 9.88. The van der Waals surface area contributed by atoms with Crippen molar-refractivity contribution in [3.63, 3.8) is 0 Å². The second-order valence-corrected chi connectivity index (χ2v) is 10.7. The number of rotatable bonds is 12. The van der Waals surface area contributed by atoms with Crippen LogP contribution in [0, 0.1) is 17.6 Å². The van der Waals surface area contributed by atoms with Crippen molar-refractivity contribution < 1.29 is 33.0 Å². The Balaban J connectivity index is 1.51. The SMILES string of the molecule is O=C(O)CC(c1ccc(Cl)c(F)c1)N(Cc1ccc(OCCN2C(=O)CCC2=O)c(F)c1)CC1CCCCC1. The molecule has 39 heavy (non-hydrogen) atoms. The topological polar surface area (TPSA) is 87.2 Å². The lowest BCUT2D eigenvalue weighted by molar-refractivity contribution is -0.140. The number of hydrogen-bond donors (Lipinski definition) is 1. The summed E-state index contributed by atoms with van der Waals surface area (Å²) in [5.74, 6) is -2.39. The lowest BCUT2D eigenvalue weighted by Gasteiger charge is -2.35. The average Bonchev–Trinajstić information content (AvgIpc) is 3.22. The minimum absolute atomic E-state index is 0.00136. The highest BCUT2D eigenvalue weighted by molar-refractivity contribution is 6.30. The summed E-state index contributed by atoms with van der Waals surface area (Å²) in [5, 5.41) is 9.66. The Hall–Kier alpha value is -3.04. The van der Waals surface area contributed by atoms with Crippen molar-refractivity contribution in [3.8, 4) is 5.75 Å². The number of ether oxygens (including phenoxy) is 1. The molecule has 1 atom stereocenters. The number of carbonyl (C=O) groups is 3. The molecule has 7 nitrogen and oxygen atoms in total. The van der Waals surface area contributed by atoms with E-state index >= 15 is 0 Å². The molecule has 2 fully saturated rings. The first-order valence-corrected chi connectivity index (χ1v) is 13.7. The van der Waals surface area contributed by atoms with E-state index in [1.165, 1.54) is 30.7 Å². The van der Waals surface area contributed by atoms with Crippen LogP contribution in [0.1, 0.15) is 68.5 Å². The smallest absolute Gasteiger partial charge is 0.305 e. The Morgan fingerprint density at radius 2 is 1.77 bits per heavy atom. The van der Waals surface area contributed by atoms with Gasteiger partial charge in [0.1, 0.15) is 12.4 Å². The lowest BCUT2D eigenvalue weighted by Crippen LogP contribution is -2.35. The van der Waals surface area contributed by atoms with Gasteiger partial charge in [-0.25, -0.2) is 8.78 Å². The second-order valence-electron chi connectivity index (χ2n) is 10.3. The first-order chi connectivity index (χ1) is 18.7. The zero-order valence-electron chi connectivity index (χ0n) is 21.7. The minimum atomic E-state index is -1.02.